The molecule has 0 amide bonds. The third-order valence-electron chi connectivity index (χ3n) is 6.44. The first-order chi connectivity index (χ1) is 18.3. The van der Waals surface area contributed by atoms with E-state index < -0.39 is 77.4 Å². The maximum absolute atomic E-state index is 12.8. The topological polar surface area (TPSA) is 251 Å². The van der Waals surface area contributed by atoms with Crippen molar-refractivity contribution in [1.29, 1.82) is 0 Å². The number of benzene rings is 2. The molecule has 0 spiro atoms. The van der Waals surface area contributed by atoms with Crippen LogP contribution in [-0.2, 0) is 4.74 Å². The number of hydrogen-bond acceptors (Lipinski definition) is 14. The predicted molar refractivity (Wildman–Crippen MR) is 130 cm³/mol. The fraction of sp³-hybridized carbons (Fsp3) is 0.400. The summed E-state index contributed by atoms with van der Waals surface area (Å²) in [7, 11) is 0. The second-order valence-corrected chi connectivity index (χ2v) is 9.24. The lowest BCUT2D eigenvalue weighted by Gasteiger charge is -2.43. The van der Waals surface area contributed by atoms with Gasteiger partial charge in [-0.2, -0.15) is 0 Å². The van der Waals surface area contributed by atoms with E-state index in [0.717, 1.165) is 19.1 Å². The summed E-state index contributed by atoms with van der Waals surface area (Å²) in [4.78, 5) is 12.8. The van der Waals surface area contributed by atoms with Gasteiger partial charge in [0.2, 0.25) is 17.5 Å². The number of fused-ring (bicyclic) bond motifs is 1. The fourth-order valence-electron chi connectivity index (χ4n) is 4.21. The highest BCUT2D eigenvalue weighted by atomic mass is 16.7. The first kappa shape index (κ1) is 28.5. The molecule has 4 rings (SSSR count). The van der Waals surface area contributed by atoms with Crippen LogP contribution < -0.4 is 10.2 Å². The van der Waals surface area contributed by atoms with Gasteiger partial charge in [-0.3, -0.25) is 4.79 Å². The van der Waals surface area contributed by atoms with Gasteiger partial charge in [0.25, 0.3) is 0 Å². The van der Waals surface area contributed by atoms with Crippen molar-refractivity contribution < 1.29 is 65.0 Å². The van der Waals surface area contributed by atoms with Gasteiger partial charge in [0.15, 0.2) is 5.76 Å². The number of phenols is 2. The molecule has 0 bridgehead atoms. The van der Waals surface area contributed by atoms with Gasteiger partial charge < -0.3 is 65.0 Å². The van der Waals surface area contributed by atoms with Crippen LogP contribution in [-0.4, -0.2) is 106 Å². The lowest BCUT2D eigenvalue weighted by atomic mass is 9.90. The monoisotopic (exact) mass is 552 g/mol. The summed E-state index contributed by atoms with van der Waals surface area (Å²) in [6, 6.07) is 7.34. The van der Waals surface area contributed by atoms with Crippen molar-refractivity contribution >= 4 is 11.0 Å². The zero-order valence-electron chi connectivity index (χ0n) is 20.3. The molecule has 0 aliphatic carbocycles. The van der Waals surface area contributed by atoms with Gasteiger partial charge in [0.1, 0.15) is 70.9 Å². The Morgan fingerprint density at radius 3 is 2.13 bits per heavy atom. The maximum atomic E-state index is 12.8. The molecule has 14 heteroatoms. The van der Waals surface area contributed by atoms with Crippen LogP contribution in [0.2, 0.25) is 0 Å². The minimum atomic E-state index is -2.06. The Balaban J connectivity index is 1.67. The van der Waals surface area contributed by atoms with Crippen LogP contribution in [0, 0.1) is 0 Å². The number of aliphatic hydroxyl groups excluding tert-OH is 7. The third kappa shape index (κ3) is 5.36. The van der Waals surface area contributed by atoms with Crippen molar-refractivity contribution in [2.75, 3.05) is 0 Å². The van der Waals surface area contributed by atoms with E-state index >= 15 is 0 Å². The van der Waals surface area contributed by atoms with Crippen molar-refractivity contribution in [2.45, 2.75) is 62.0 Å². The summed E-state index contributed by atoms with van der Waals surface area (Å²) in [5.74, 6) is -2.15. The Bertz CT molecular complexity index is 1370. The highest BCUT2D eigenvalue weighted by molar-refractivity contribution is 5.88. The summed E-state index contributed by atoms with van der Waals surface area (Å²) in [5, 5.41) is 101. The first-order valence-electron chi connectivity index (χ1n) is 11.7. The van der Waals surface area contributed by atoms with E-state index in [1.807, 2.05) is 0 Å². The van der Waals surface area contributed by atoms with Crippen LogP contribution in [0.25, 0.3) is 22.3 Å². The Hall–Kier alpha value is -3.47. The second kappa shape index (κ2) is 11.0. The van der Waals surface area contributed by atoms with Crippen molar-refractivity contribution in [1.82, 2.24) is 0 Å². The van der Waals surface area contributed by atoms with E-state index in [1.165, 1.54) is 24.3 Å². The standard InChI is InChI=1S/C25H28O14/c1-8(26)15(29)17(31)20(34)24-21(35)18(32)22(36)25(39-24)37-11-6-12(28)14-13(7-11)38-23(19(33)16(14)30)9-2-4-10(27)5-3-9/h2-8,15,17-18,20-22,24-29,31-36H,1H3/t8-,15-,17+,18+,20-,21+,22-,24-,25?/m1/s1. The summed E-state index contributed by atoms with van der Waals surface area (Å²) in [5.41, 5.74) is -1.04. The van der Waals surface area contributed by atoms with E-state index in [0.29, 0.717) is 0 Å². The highest BCUT2D eigenvalue weighted by Crippen LogP contribution is 2.37. The molecule has 1 aliphatic heterocycles. The van der Waals surface area contributed by atoms with Gasteiger partial charge >= 0.3 is 0 Å². The zero-order valence-corrected chi connectivity index (χ0v) is 20.3. The zero-order chi connectivity index (χ0) is 28.8. The Morgan fingerprint density at radius 2 is 1.51 bits per heavy atom. The lowest BCUT2D eigenvalue weighted by molar-refractivity contribution is -0.298. The quantitative estimate of drug-likeness (QED) is 0.156. The molecule has 3 aromatic rings. The normalized spacial score (nSPS) is 26.6. The molecule has 1 unspecified atom stereocenters. The number of ether oxygens (including phenoxy) is 2. The molecular formula is C25H28O14. The minimum absolute atomic E-state index is 0.0793. The molecule has 1 saturated heterocycles. The molecule has 0 saturated carbocycles. The molecule has 1 aliphatic rings. The van der Waals surface area contributed by atoms with E-state index in [1.54, 1.807) is 0 Å². The average Bonchev–Trinajstić information content (AvgIpc) is 2.90. The van der Waals surface area contributed by atoms with E-state index in [4.69, 9.17) is 13.9 Å². The van der Waals surface area contributed by atoms with Crippen molar-refractivity contribution in [3.05, 3.63) is 46.6 Å². The molecule has 10 N–H and O–H groups in total. The number of aliphatic hydroxyl groups is 7. The van der Waals surface area contributed by atoms with E-state index in [-0.39, 0.29) is 28.4 Å². The number of hydrogen-bond donors (Lipinski definition) is 10. The van der Waals surface area contributed by atoms with Gasteiger partial charge in [-0.05, 0) is 31.2 Å². The van der Waals surface area contributed by atoms with E-state index in [9.17, 15) is 55.9 Å². The van der Waals surface area contributed by atoms with Crippen LogP contribution in [0.5, 0.6) is 23.0 Å². The maximum Gasteiger partial charge on any atom is 0.238 e. The molecule has 1 fully saturated rings. The first-order valence-corrected chi connectivity index (χ1v) is 11.7. The van der Waals surface area contributed by atoms with Crippen molar-refractivity contribution in [2.24, 2.45) is 0 Å². The van der Waals surface area contributed by atoms with Crippen molar-refractivity contribution in [3.8, 4) is 34.3 Å². The van der Waals surface area contributed by atoms with Crippen molar-refractivity contribution in [3.63, 3.8) is 0 Å². The molecule has 212 valence electrons. The fourth-order valence-corrected chi connectivity index (χ4v) is 4.21. The minimum Gasteiger partial charge on any atom is -0.508 e. The van der Waals surface area contributed by atoms with Gasteiger partial charge in [-0.1, -0.05) is 0 Å². The van der Waals surface area contributed by atoms with Crippen LogP contribution in [0.15, 0.2) is 45.6 Å². The number of rotatable bonds is 7. The van der Waals surface area contributed by atoms with Gasteiger partial charge in [0.05, 0.1) is 6.10 Å². The summed E-state index contributed by atoms with van der Waals surface area (Å²) >= 11 is 0. The lowest BCUT2D eigenvalue weighted by Crippen LogP contribution is -2.64. The molecule has 2 aromatic carbocycles. The molecule has 1 aromatic heterocycles. The second-order valence-electron chi connectivity index (χ2n) is 9.24. The summed E-state index contributed by atoms with van der Waals surface area (Å²) in [6.45, 7) is 1.14. The van der Waals surface area contributed by atoms with Gasteiger partial charge in [0, 0.05) is 17.7 Å². The highest BCUT2D eigenvalue weighted by Gasteiger charge is 2.50. The number of phenolic OH excluding ortho intramolecular Hbond substituents is 2. The van der Waals surface area contributed by atoms with Crippen LogP contribution in [0.1, 0.15) is 6.92 Å². The van der Waals surface area contributed by atoms with Crippen LogP contribution in [0.3, 0.4) is 0 Å². The van der Waals surface area contributed by atoms with Gasteiger partial charge in [-0.15, -0.1) is 0 Å². The Morgan fingerprint density at radius 1 is 0.872 bits per heavy atom. The molecule has 0 radical (unpaired) electrons. The Labute approximate surface area is 219 Å². The average molecular weight is 552 g/mol. The molecule has 9 atom stereocenters. The molecule has 39 heavy (non-hydrogen) atoms. The summed E-state index contributed by atoms with van der Waals surface area (Å²) in [6.07, 6.45) is -16.9. The predicted octanol–water partition coefficient (Wildman–Crippen LogP) is -1.77. The SMILES string of the molecule is C[C@@H](O)[C@@H](O)[C@H](O)[C@@H](O)[C@H]1OC(Oc2cc(O)c3c(=O)c(O)c(-c4ccc(O)cc4)oc3c2)[C@H](O)[C@@H](O)[C@@H]1O. The van der Waals surface area contributed by atoms with Crippen LogP contribution >= 0.6 is 0 Å². The largest absolute Gasteiger partial charge is 0.508 e. The molecule has 14 nitrogen and oxygen atoms in total. The molecular weight excluding hydrogens is 524 g/mol. The Kier molecular flexibility index (Phi) is 8.02. The number of aromatic hydroxyl groups is 3. The smallest absolute Gasteiger partial charge is 0.238 e. The van der Waals surface area contributed by atoms with Gasteiger partial charge in [-0.25, -0.2) is 0 Å². The van der Waals surface area contributed by atoms with E-state index in [2.05, 4.69) is 0 Å². The molecule has 2 heterocycles. The summed E-state index contributed by atoms with van der Waals surface area (Å²) < 4.78 is 16.5. The third-order valence-corrected chi connectivity index (χ3v) is 6.44. The van der Waals surface area contributed by atoms with Crippen LogP contribution in [0.4, 0.5) is 0 Å².